The number of halogens is 1. The Balaban J connectivity index is 1.42. The molecular weight excluding hydrogens is 363 g/mol. The van der Waals surface area contributed by atoms with E-state index in [-0.39, 0.29) is 5.82 Å². The van der Waals surface area contributed by atoms with Crippen LogP contribution in [0.5, 0.6) is 0 Å². The first-order chi connectivity index (χ1) is 13.8. The summed E-state index contributed by atoms with van der Waals surface area (Å²) in [5, 5.41) is 4.13. The van der Waals surface area contributed by atoms with E-state index in [1.807, 2.05) is 23.4 Å². The van der Waals surface area contributed by atoms with E-state index >= 15 is 0 Å². The third kappa shape index (κ3) is 2.46. The van der Waals surface area contributed by atoms with Gasteiger partial charge < -0.3 is 9.26 Å². The molecule has 0 N–H and O–H groups in total. The molecule has 4 aliphatic rings. The minimum atomic E-state index is -0.413. The molecular formula is C19H19FN6O2. The van der Waals surface area contributed by atoms with Crippen LogP contribution in [0.25, 0.3) is 0 Å². The zero-order chi connectivity index (χ0) is 18.7. The molecule has 9 heteroatoms. The SMILES string of the molecule is Fc1cccc2c1C(N1CCOCC1)N=C1N(c3noc(C4CC4)n3)C=CN12. The Morgan fingerprint density at radius 1 is 1.07 bits per heavy atom. The number of nitrogens with zero attached hydrogens (tertiary/aromatic N) is 6. The van der Waals surface area contributed by atoms with Crippen molar-refractivity contribution in [1.82, 2.24) is 15.0 Å². The Morgan fingerprint density at radius 3 is 2.71 bits per heavy atom. The molecule has 0 spiro atoms. The summed E-state index contributed by atoms with van der Waals surface area (Å²) in [7, 11) is 0. The Kier molecular flexibility index (Phi) is 3.54. The highest BCUT2D eigenvalue weighted by Crippen LogP contribution is 2.42. The van der Waals surface area contributed by atoms with Crippen LogP contribution in [0.3, 0.4) is 0 Å². The highest BCUT2D eigenvalue weighted by Gasteiger charge is 2.39. The van der Waals surface area contributed by atoms with Crippen molar-refractivity contribution in [3.8, 4) is 0 Å². The van der Waals surface area contributed by atoms with E-state index in [9.17, 15) is 4.39 Å². The van der Waals surface area contributed by atoms with Gasteiger partial charge in [-0.15, -0.1) is 0 Å². The zero-order valence-corrected chi connectivity index (χ0v) is 15.2. The molecule has 0 bridgehead atoms. The van der Waals surface area contributed by atoms with Crippen LogP contribution >= 0.6 is 0 Å². The van der Waals surface area contributed by atoms with Gasteiger partial charge in [0.05, 0.1) is 24.5 Å². The third-order valence-electron chi connectivity index (χ3n) is 5.55. The summed E-state index contributed by atoms with van der Waals surface area (Å²) < 4.78 is 25.7. The van der Waals surface area contributed by atoms with Crippen molar-refractivity contribution in [2.24, 2.45) is 4.99 Å². The van der Waals surface area contributed by atoms with Crippen LogP contribution in [0.1, 0.15) is 36.4 Å². The smallest absolute Gasteiger partial charge is 0.277 e. The van der Waals surface area contributed by atoms with Crippen LogP contribution in [0.4, 0.5) is 16.0 Å². The van der Waals surface area contributed by atoms with Gasteiger partial charge in [0, 0.05) is 31.4 Å². The number of benzene rings is 1. The van der Waals surface area contributed by atoms with E-state index in [0.717, 1.165) is 18.5 Å². The van der Waals surface area contributed by atoms with Gasteiger partial charge in [0.15, 0.2) is 0 Å². The number of anilines is 2. The predicted octanol–water partition coefficient (Wildman–Crippen LogP) is 2.58. The molecule has 1 aromatic heterocycles. The van der Waals surface area contributed by atoms with Gasteiger partial charge in [-0.05, 0) is 30.1 Å². The van der Waals surface area contributed by atoms with Crippen molar-refractivity contribution >= 4 is 17.6 Å². The molecule has 4 heterocycles. The number of guanidine groups is 1. The fourth-order valence-corrected chi connectivity index (χ4v) is 3.92. The summed E-state index contributed by atoms with van der Waals surface area (Å²) in [4.78, 5) is 15.3. The molecule has 28 heavy (non-hydrogen) atoms. The number of morpholine rings is 1. The van der Waals surface area contributed by atoms with Crippen LogP contribution in [0, 0.1) is 5.82 Å². The van der Waals surface area contributed by atoms with Gasteiger partial charge in [0.1, 0.15) is 12.0 Å². The van der Waals surface area contributed by atoms with Crippen molar-refractivity contribution in [2.45, 2.75) is 24.9 Å². The fourth-order valence-electron chi connectivity index (χ4n) is 3.92. The van der Waals surface area contributed by atoms with E-state index in [1.54, 1.807) is 11.0 Å². The van der Waals surface area contributed by atoms with Gasteiger partial charge in [0.2, 0.25) is 11.9 Å². The topological polar surface area (TPSA) is 70.2 Å². The molecule has 1 aliphatic carbocycles. The van der Waals surface area contributed by atoms with Gasteiger partial charge in [-0.1, -0.05) is 6.07 Å². The first-order valence-electron chi connectivity index (χ1n) is 9.58. The molecule has 1 atom stereocenters. The van der Waals surface area contributed by atoms with E-state index in [2.05, 4.69) is 15.0 Å². The zero-order valence-electron chi connectivity index (χ0n) is 15.2. The Labute approximate surface area is 160 Å². The van der Waals surface area contributed by atoms with Crippen LogP contribution in [-0.2, 0) is 4.74 Å². The number of rotatable bonds is 3. The molecule has 2 aromatic rings. The number of hydrogen-bond donors (Lipinski definition) is 0. The van der Waals surface area contributed by atoms with Crippen molar-refractivity contribution in [2.75, 3.05) is 36.1 Å². The second kappa shape index (κ2) is 6.11. The lowest BCUT2D eigenvalue weighted by molar-refractivity contribution is 0.0170. The first kappa shape index (κ1) is 16.2. The molecule has 1 saturated heterocycles. The lowest BCUT2D eigenvalue weighted by atomic mass is 10.1. The Bertz CT molecular complexity index is 979. The average molecular weight is 382 g/mol. The third-order valence-corrected chi connectivity index (χ3v) is 5.55. The maximum absolute atomic E-state index is 14.8. The second-order valence-corrected chi connectivity index (χ2v) is 7.37. The summed E-state index contributed by atoms with van der Waals surface area (Å²) in [5.74, 6) is 1.92. The summed E-state index contributed by atoms with van der Waals surface area (Å²) in [5.41, 5.74) is 1.37. The molecule has 144 valence electrons. The van der Waals surface area contributed by atoms with Gasteiger partial charge in [-0.3, -0.25) is 14.7 Å². The summed E-state index contributed by atoms with van der Waals surface area (Å²) >= 11 is 0. The summed E-state index contributed by atoms with van der Waals surface area (Å²) in [6.07, 6.45) is 5.48. The number of aliphatic imine (C=N–C) groups is 1. The molecule has 6 rings (SSSR count). The monoisotopic (exact) mass is 382 g/mol. The number of ether oxygens (including phenoxy) is 1. The van der Waals surface area contributed by atoms with Crippen molar-refractivity contribution in [3.05, 3.63) is 47.9 Å². The van der Waals surface area contributed by atoms with Crippen molar-refractivity contribution in [3.63, 3.8) is 0 Å². The van der Waals surface area contributed by atoms with E-state index in [4.69, 9.17) is 14.3 Å². The summed E-state index contributed by atoms with van der Waals surface area (Å²) in [6, 6.07) is 5.13. The Morgan fingerprint density at radius 2 is 1.89 bits per heavy atom. The molecule has 1 saturated carbocycles. The van der Waals surface area contributed by atoms with E-state index in [0.29, 0.717) is 55.6 Å². The van der Waals surface area contributed by atoms with Crippen LogP contribution in [-0.4, -0.2) is 47.3 Å². The maximum atomic E-state index is 14.8. The molecule has 8 nitrogen and oxygen atoms in total. The number of aromatic nitrogens is 2. The lowest BCUT2D eigenvalue weighted by Gasteiger charge is -2.38. The maximum Gasteiger partial charge on any atom is 0.277 e. The quantitative estimate of drug-likeness (QED) is 0.808. The van der Waals surface area contributed by atoms with Gasteiger partial charge >= 0.3 is 0 Å². The normalized spacial score (nSPS) is 24.3. The minimum absolute atomic E-state index is 0.251. The van der Waals surface area contributed by atoms with Crippen LogP contribution < -0.4 is 9.80 Å². The standard InChI is InChI=1S/C19H19FN6O2/c20-13-2-1-3-14-15(13)16(24-8-10-27-11-9-24)21-19-25(14)6-7-26(19)18-22-17(28-23-18)12-4-5-12/h1-3,6-7,12,16H,4-5,8-11H2. The fraction of sp³-hybridized carbons (Fsp3) is 0.421. The number of fused-ring (bicyclic) bond motifs is 3. The molecule has 3 aliphatic heterocycles. The molecule has 1 aromatic carbocycles. The minimum Gasteiger partial charge on any atom is -0.379 e. The van der Waals surface area contributed by atoms with Gasteiger partial charge in [-0.2, -0.15) is 4.98 Å². The average Bonchev–Trinajstić information content (AvgIpc) is 3.30. The van der Waals surface area contributed by atoms with Gasteiger partial charge in [0.25, 0.3) is 5.95 Å². The van der Waals surface area contributed by atoms with Crippen molar-refractivity contribution in [1.29, 1.82) is 0 Å². The highest BCUT2D eigenvalue weighted by atomic mass is 19.1. The van der Waals surface area contributed by atoms with Crippen LogP contribution in [0.15, 0.2) is 40.1 Å². The molecule has 1 unspecified atom stereocenters. The molecule has 0 amide bonds. The highest BCUT2D eigenvalue weighted by molar-refractivity contribution is 6.12. The number of hydrogen-bond acceptors (Lipinski definition) is 8. The van der Waals surface area contributed by atoms with Gasteiger partial charge in [-0.25, -0.2) is 9.38 Å². The Hall–Kier alpha value is -2.78. The summed E-state index contributed by atoms with van der Waals surface area (Å²) in [6.45, 7) is 2.65. The van der Waals surface area contributed by atoms with Crippen LogP contribution in [0.2, 0.25) is 0 Å². The predicted molar refractivity (Wildman–Crippen MR) is 99.3 cm³/mol. The molecule has 2 fully saturated rings. The van der Waals surface area contributed by atoms with Crippen molar-refractivity contribution < 1.29 is 13.7 Å². The van der Waals surface area contributed by atoms with E-state index < -0.39 is 6.17 Å². The first-order valence-corrected chi connectivity index (χ1v) is 9.58. The molecule has 0 radical (unpaired) electrons. The lowest BCUT2D eigenvalue weighted by Crippen LogP contribution is -2.44. The second-order valence-electron chi connectivity index (χ2n) is 7.37. The largest absolute Gasteiger partial charge is 0.379 e. The van der Waals surface area contributed by atoms with E-state index in [1.165, 1.54) is 6.07 Å².